The predicted octanol–water partition coefficient (Wildman–Crippen LogP) is 3.32. The molecule has 1 aromatic carbocycles. The number of likely N-dealkylation sites (tertiary alicyclic amines) is 1. The van der Waals surface area contributed by atoms with E-state index in [1.165, 1.54) is 11.8 Å². The Labute approximate surface area is 126 Å². The highest BCUT2D eigenvalue weighted by atomic mass is 35.5. The molecule has 4 nitrogen and oxygen atoms in total. The molecule has 2 heterocycles. The summed E-state index contributed by atoms with van der Waals surface area (Å²) in [4.78, 5) is 21.9. The van der Waals surface area contributed by atoms with E-state index in [0.717, 1.165) is 42.1 Å². The molecule has 3 rings (SSSR count). The molecule has 1 atom stereocenters. The second-order valence-electron chi connectivity index (χ2n) is 5.00. The zero-order valence-electron chi connectivity index (χ0n) is 11.2. The van der Waals surface area contributed by atoms with Gasteiger partial charge in [-0.2, -0.15) is 0 Å². The lowest BCUT2D eigenvalue weighted by Crippen LogP contribution is -2.34. The Morgan fingerprint density at radius 1 is 1.45 bits per heavy atom. The summed E-state index contributed by atoms with van der Waals surface area (Å²) in [5.74, 6) is 0.200. The summed E-state index contributed by atoms with van der Waals surface area (Å²) < 4.78 is 0. The zero-order valence-corrected chi connectivity index (χ0v) is 12.8. The van der Waals surface area contributed by atoms with Crippen LogP contribution in [0.1, 0.15) is 19.8 Å². The minimum atomic E-state index is -0.121. The Balaban J connectivity index is 1.73. The number of amides is 1. The van der Waals surface area contributed by atoms with E-state index in [9.17, 15) is 4.79 Å². The van der Waals surface area contributed by atoms with Crippen LogP contribution in [0, 0.1) is 0 Å². The summed E-state index contributed by atoms with van der Waals surface area (Å²) in [5.41, 5.74) is 1.78. The molecule has 0 spiro atoms. The van der Waals surface area contributed by atoms with Gasteiger partial charge in [-0.3, -0.25) is 4.79 Å². The van der Waals surface area contributed by atoms with Crippen molar-refractivity contribution in [2.45, 2.75) is 30.2 Å². The standard InChI is InChI=1S/C14H16ClN3OS/c1-9(13(19)18-6-2-3-7-18)20-14-16-11-5-4-10(15)8-12(11)17-14/h4-5,8-9H,2-3,6-7H2,1H3,(H,16,17)/t9-/m1/s1. The number of H-pyrrole nitrogens is 1. The van der Waals surface area contributed by atoms with Crippen LogP contribution in [0.3, 0.4) is 0 Å². The van der Waals surface area contributed by atoms with E-state index in [2.05, 4.69) is 9.97 Å². The molecule has 20 heavy (non-hydrogen) atoms. The number of nitrogens with zero attached hydrogens (tertiary/aromatic N) is 2. The van der Waals surface area contributed by atoms with Gasteiger partial charge in [0.15, 0.2) is 5.16 Å². The lowest BCUT2D eigenvalue weighted by molar-refractivity contribution is -0.129. The Hall–Kier alpha value is -1.20. The van der Waals surface area contributed by atoms with Crippen LogP contribution in [0.15, 0.2) is 23.4 Å². The molecule has 0 saturated carbocycles. The van der Waals surface area contributed by atoms with Gasteiger partial charge in [0, 0.05) is 18.1 Å². The van der Waals surface area contributed by atoms with E-state index < -0.39 is 0 Å². The number of imidazole rings is 1. The lowest BCUT2D eigenvalue weighted by atomic mass is 10.3. The van der Waals surface area contributed by atoms with Crippen molar-refractivity contribution in [2.24, 2.45) is 0 Å². The van der Waals surface area contributed by atoms with Crippen molar-refractivity contribution in [1.29, 1.82) is 0 Å². The van der Waals surface area contributed by atoms with Crippen molar-refractivity contribution in [1.82, 2.24) is 14.9 Å². The second kappa shape index (κ2) is 5.66. The van der Waals surface area contributed by atoms with Gasteiger partial charge in [0.1, 0.15) is 0 Å². The number of thioether (sulfide) groups is 1. The van der Waals surface area contributed by atoms with Crippen molar-refractivity contribution in [3.05, 3.63) is 23.2 Å². The molecule has 0 unspecified atom stereocenters. The third-order valence-electron chi connectivity index (χ3n) is 3.48. The van der Waals surface area contributed by atoms with Crippen LogP contribution < -0.4 is 0 Å². The van der Waals surface area contributed by atoms with Crippen molar-refractivity contribution in [2.75, 3.05) is 13.1 Å². The largest absolute Gasteiger partial charge is 0.342 e. The summed E-state index contributed by atoms with van der Waals surface area (Å²) in [5, 5.41) is 1.32. The van der Waals surface area contributed by atoms with Crippen LogP contribution in [-0.4, -0.2) is 39.1 Å². The fraction of sp³-hybridized carbons (Fsp3) is 0.429. The molecular weight excluding hydrogens is 294 g/mol. The molecule has 6 heteroatoms. The summed E-state index contributed by atoms with van der Waals surface area (Å²) in [6, 6.07) is 5.55. The van der Waals surface area contributed by atoms with Crippen LogP contribution in [0.5, 0.6) is 0 Å². The average Bonchev–Trinajstić information content (AvgIpc) is 3.05. The van der Waals surface area contributed by atoms with Gasteiger partial charge in [-0.15, -0.1) is 0 Å². The first-order valence-corrected chi connectivity index (χ1v) is 8.00. The Morgan fingerprint density at radius 2 is 2.20 bits per heavy atom. The maximum atomic E-state index is 12.3. The topological polar surface area (TPSA) is 49.0 Å². The number of hydrogen-bond donors (Lipinski definition) is 1. The monoisotopic (exact) mass is 309 g/mol. The van der Waals surface area contributed by atoms with E-state index >= 15 is 0 Å². The van der Waals surface area contributed by atoms with Gasteiger partial charge in [0.2, 0.25) is 5.91 Å². The first-order chi connectivity index (χ1) is 9.63. The first-order valence-electron chi connectivity index (χ1n) is 6.74. The Bertz CT molecular complexity index is 636. The van der Waals surface area contributed by atoms with Crippen molar-refractivity contribution >= 4 is 40.3 Å². The normalized spacial score (nSPS) is 16.8. The first kappa shape index (κ1) is 13.8. The minimum Gasteiger partial charge on any atom is -0.342 e. The van der Waals surface area contributed by atoms with Crippen LogP contribution in [0.2, 0.25) is 5.02 Å². The van der Waals surface area contributed by atoms with Gasteiger partial charge in [0.25, 0.3) is 0 Å². The predicted molar refractivity (Wildman–Crippen MR) is 82.2 cm³/mol. The molecule has 1 saturated heterocycles. The highest BCUT2D eigenvalue weighted by Crippen LogP contribution is 2.26. The molecule has 1 amide bonds. The molecular formula is C14H16ClN3OS. The third kappa shape index (κ3) is 2.79. The van der Waals surface area contributed by atoms with Gasteiger partial charge in [-0.25, -0.2) is 4.98 Å². The number of nitrogens with one attached hydrogen (secondary N) is 1. The van der Waals surface area contributed by atoms with Crippen LogP contribution >= 0.6 is 23.4 Å². The van der Waals surface area contributed by atoms with Crippen molar-refractivity contribution < 1.29 is 4.79 Å². The van der Waals surface area contributed by atoms with Crippen molar-refractivity contribution in [3.8, 4) is 0 Å². The Kier molecular flexibility index (Phi) is 3.89. The summed E-state index contributed by atoms with van der Waals surface area (Å²) in [6.45, 7) is 3.71. The summed E-state index contributed by atoms with van der Waals surface area (Å²) in [6.07, 6.45) is 2.23. The number of carbonyl (C=O) groups is 1. The number of fused-ring (bicyclic) bond motifs is 1. The number of rotatable bonds is 3. The van der Waals surface area contributed by atoms with Gasteiger partial charge in [-0.05, 0) is 38.0 Å². The van der Waals surface area contributed by atoms with Gasteiger partial charge >= 0.3 is 0 Å². The number of carbonyl (C=O) groups excluding carboxylic acids is 1. The van der Waals surface area contributed by atoms with E-state index in [1.54, 1.807) is 0 Å². The Morgan fingerprint density at radius 3 is 2.95 bits per heavy atom. The van der Waals surface area contributed by atoms with Gasteiger partial charge < -0.3 is 9.88 Å². The second-order valence-corrected chi connectivity index (χ2v) is 6.76. The highest BCUT2D eigenvalue weighted by Gasteiger charge is 2.24. The number of hydrogen-bond acceptors (Lipinski definition) is 3. The lowest BCUT2D eigenvalue weighted by Gasteiger charge is -2.19. The molecule has 0 radical (unpaired) electrons. The van der Waals surface area contributed by atoms with E-state index in [-0.39, 0.29) is 11.2 Å². The van der Waals surface area contributed by atoms with Crippen LogP contribution in [0.4, 0.5) is 0 Å². The van der Waals surface area contributed by atoms with Crippen LogP contribution in [0.25, 0.3) is 11.0 Å². The average molecular weight is 310 g/mol. The summed E-state index contributed by atoms with van der Waals surface area (Å²) in [7, 11) is 0. The van der Waals surface area contributed by atoms with Gasteiger partial charge in [0.05, 0.1) is 16.3 Å². The maximum absolute atomic E-state index is 12.3. The number of aromatic amines is 1. The molecule has 0 bridgehead atoms. The van der Waals surface area contributed by atoms with Gasteiger partial charge in [-0.1, -0.05) is 23.4 Å². The maximum Gasteiger partial charge on any atom is 0.235 e. The molecule has 1 fully saturated rings. The molecule has 1 aromatic heterocycles. The van der Waals surface area contributed by atoms with E-state index in [1.807, 2.05) is 30.0 Å². The SMILES string of the molecule is C[C@@H](Sc1nc2ccc(Cl)cc2[nH]1)C(=O)N1CCCC1. The fourth-order valence-corrected chi connectivity index (χ4v) is 3.50. The smallest absolute Gasteiger partial charge is 0.235 e. The minimum absolute atomic E-state index is 0.121. The molecule has 1 N–H and O–H groups in total. The summed E-state index contributed by atoms with van der Waals surface area (Å²) >= 11 is 7.42. The number of benzene rings is 1. The molecule has 0 aliphatic carbocycles. The molecule has 106 valence electrons. The van der Waals surface area contributed by atoms with E-state index in [0.29, 0.717) is 5.02 Å². The third-order valence-corrected chi connectivity index (χ3v) is 4.68. The molecule has 2 aromatic rings. The van der Waals surface area contributed by atoms with Crippen molar-refractivity contribution in [3.63, 3.8) is 0 Å². The molecule has 1 aliphatic rings. The van der Waals surface area contributed by atoms with E-state index in [4.69, 9.17) is 11.6 Å². The zero-order chi connectivity index (χ0) is 14.1. The quantitative estimate of drug-likeness (QED) is 0.885. The fourth-order valence-electron chi connectivity index (χ4n) is 2.43. The number of aromatic nitrogens is 2. The number of halogens is 1. The van der Waals surface area contributed by atoms with Crippen LogP contribution in [-0.2, 0) is 4.79 Å². The molecule has 1 aliphatic heterocycles. The highest BCUT2D eigenvalue weighted by molar-refractivity contribution is 8.00.